The molecule has 0 radical (unpaired) electrons. The number of hydrogen-bond acceptors (Lipinski definition) is 5. The van der Waals surface area contributed by atoms with Gasteiger partial charge in [-0.05, 0) is 11.6 Å². The highest BCUT2D eigenvalue weighted by atomic mass is 35.5. The second kappa shape index (κ2) is 6.53. The van der Waals surface area contributed by atoms with Gasteiger partial charge in [-0.3, -0.25) is 4.79 Å². The van der Waals surface area contributed by atoms with Gasteiger partial charge in [-0.2, -0.15) is 13.2 Å². The average Bonchev–Trinajstić information content (AvgIpc) is 2.26. The van der Waals surface area contributed by atoms with Crippen molar-refractivity contribution in [3.05, 3.63) is 17.0 Å². The van der Waals surface area contributed by atoms with E-state index in [1.165, 1.54) is 0 Å². The first-order chi connectivity index (χ1) is 8.79. The molecule has 0 aliphatic heterocycles. The summed E-state index contributed by atoms with van der Waals surface area (Å²) in [7, 11) is 0. The van der Waals surface area contributed by atoms with Gasteiger partial charge in [0.05, 0.1) is 6.61 Å². The van der Waals surface area contributed by atoms with Gasteiger partial charge in [0.15, 0.2) is 5.69 Å². The second-order valence-electron chi connectivity index (χ2n) is 3.35. The van der Waals surface area contributed by atoms with Crippen LogP contribution in [-0.4, -0.2) is 35.6 Å². The Morgan fingerprint density at radius 2 is 2.16 bits per heavy atom. The van der Waals surface area contributed by atoms with Gasteiger partial charge in [-0.25, -0.2) is 9.97 Å². The Balaban J connectivity index is 2.54. The maximum Gasteiger partial charge on any atom is 0.433 e. The Bertz CT molecular complexity index is 456. The van der Waals surface area contributed by atoms with Crippen LogP contribution in [0.25, 0.3) is 0 Å². The summed E-state index contributed by atoms with van der Waals surface area (Å²) < 4.78 is 42.1. The number of halogens is 4. The highest BCUT2D eigenvalue weighted by Crippen LogP contribution is 2.29. The number of amides is 1. The largest absolute Gasteiger partial charge is 0.433 e. The maximum atomic E-state index is 12.4. The van der Waals surface area contributed by atoms with Gasteiger partial charge in [-0.1, -0.05) is 0 Å². The van der Waals surface area contributed by atoms with E-state index in [1.807, 2.05) is 0 Å². The van der Waals surface area contributed by atoms with E-state index in [9.17, 15) is 18.0 Å². The summed E-state index contributed by atoms with van der Waals surface area (Å²) in [5.41, 5.74) is 3.68. The monoisotopic (exact) mass is 298 g/mol. The number of hydrogen-bond donors (Lipinski definition) is 2. The number of alkyl halides is 3. The summed E-state index contributed by atoms with van der Waals surface area (Å²) in [4.78, 5) is 17.0. The van der Waals surface area contributed by atoms with Crippen LogP contribution >= 0.6 is 11.6 Å². The molecule has 1 aromatic heterocycles. The average molecular weight is 299 g/mol. The normalized spacial score (nSPS) is 11.4. The highest BCUT2D eigenvalue weighted by Gasteiger charge is 2.33. The number of carbonyl (C=O) groups is 1. The second-order valence-corrected chi connectivity index (χ2v) is 3.69. The summed E-state index contributed by atoms with van der Waals surface area (Å²) in [6, 6.07) is 0.722. The summed E-state index contributed by atoms with van der Waals surface area (Å²) in [5, 5.41) is 2.04. The fourth-order valence-electron chi connectivity index (χ4n) is 1.08. The first-order valence-electron chi connectivity index (χ1n) is 5.00. The smallest absolute Gasteiger partial charge is 0.370 e. The van der Waals surface area contributed by atoms with Crippen molar-refractivity contribution >= 4 is 23.3 Å². The van der Waals surface area contributed by atoms with Crippen molar-refractivity contribution < 1.29 is 22.7 Å². The third kappa shape index (κ3) is 5.71. The molecule has 0 atom stereocenters. The van der Waals surface area contributed by atoms with Gasteiger partial charge < -0.3 is 15.8 Å². The molecule has 0 aliphatic carbocycles. The molecule has 10 heteroatoms. The van der Waals surface area contributed by atoms with Crippen molar-refractivity contribution in [2.75, 3.05) is 25.1 Å². The zero-order chi connectivity index (χ0) is 14.5. The quantitative estimate of drug-likeness (QED) is 0.605. The molecule has 19 heavy (non-hydrogen) atoms. The van der Waals surface area contributed by atoms with E-state index in [-0.39, 0.29) is 25.6 Å². The van der Waals surface area contributed by atoms with E-state index in [0.29, 0.717) is 0 Å². The van der Waals surface area contributed by atoms with Crippen LogP contribution in [-0.2, 0) is 15.7 Å². The number of anilines is 1. The third-order valence-electron chi connectivity index (χ3n) is 1.79. The molecule has 6 nitrogen and oxygen atoms in total. The number of rotatable bonds is 6. The molecule has 1 aromatic rings. The first-order valence-corrected chi connectivity index (χ1v) is 5.38. The molecule has 106 valence electrons. The van der Waals surface area contributed by atoms with Crippen LogP contribution in [0.2, 0.25) is 5.28 Å². The first kappa shape index (κ1) is 15.4. The van der Waals surface area contributed by atoms with Gasteiger partial charge in [0, 0.05) is 12.6 Å². The standard InChI is InChI=1S/C9H10ClF3N4O2/c10-8-16-5(9(11,12)13)3-7(17-8)15-1-2-19-4-6(14)18/h3H,1-2,4H2,(H2,14,18)(H,15,16,17). The number of primary amides is 1. The number of nitrogens with two attached hydrogens (primary N) is 1. The molecule has 0 unspecified atom stereocenters. The minimum atomic E-state index is -4.61. The zero-order valence-corrected chi connectivity index (χ0v) is 10.3. The number of aromatic nitrogens is 2. The van der Waals surface area contributed by atoms with E-state index >= 15 is 0 Å². The molecule has 1 rings (SSSR count). The molecule has 0 spiro atoms. The van der Waals surface area contributed by atoms with Crippen LogP contribution in [0.15, 0.2) is 6.07 Å². The fourth-order valence-corrected chi connectivity index (χ4v) is 1.26. The van der Waals surface area contributed by atoms with Gasteiger partial charge in [0.2, 0.25) is 11.2 Å². The lowest BCUT2D eigenvalue weighted by Crippen LogP contribution is -2.21. The lowest BCUT2D eigenvalue weighted by molar-refractivity contribution is -0.141. The zero-order valence-electron chi connectivity index (χ0n) is 9.50. The summed E-state index contributed by atoms with van der Waals surface area (Å²) in [6.45, 7) is -0.0517. The third-order valence-corrected chi connectivity index (χ3v) is 1.96. The lowest BCUT2D eigenvalue weighted by Gasteiger charge is -2.09. The van der Waals surface area contributed by atoms with E-state index in [2.05, 4.69) is 15.3 Å². The van der Waals surface area contributed by atoms with Gasteiger partial charge in [0.25, 0.3) is 0 Å². The van der Waals surface area contributed by atoms with Crippen molar-refractivity contribution in [1.82, 2.24) is 9.97 Å². The lowest BCUT2D eigenvalue weighted by atomic mass is 10.4. The topological polar surface area (TPSA) is 90.1 Å². The van der Waals surface area contributed by atoms with Crippen molar-refractivity contribution in [2.45, 2.75) is 6.18 Å². The van der Waals surface area contributed by atoms with Crippen LogP contribution in [0, 0.1) is 0 Å². The molecular formula is C9H10ClF3N4O2. The number of ether oxygens (including phenoxy) is 1. The molecule has 3 N–H and O–H groups in total. The van der Waals surface area contributed by atoms with E-state index in [0.717, 1.165) is 6.07 Å². The predicted molar refractivity (Wildman–Crippen MR) is 60.5 cm³/mol. The van der Waals surface area contributed by atoms with E-state index < -0.39 is 23.1 Å². The van der Waals surface area contributed by atoms with Crippen molar-refractivity contribution in [3.63, 3.8) is 0 Å². The Kier molecular flexibility index (Phi) is 5.31. The molecule has 0 aliphatic rings. The number of nitrogens with one attached hydrogen (secondary N) is 1. The SMILES string of the molecule is NC(=O)COCCNc1cc(C(F)(F)F)nc(Cl)n1. The molecule has 0 aromatic carbocycles. The van der Waals surface area contributed by atoms with Crippen LogP contribution in [0.5, 0.6) is 0 Å². The minimum Gasteiger partial charge on any atom is -0.370 e. The molecule has 0 saturated heterocycles. The van der Waals surface area contributed by atoms with Crippen molar-refractivity contribution in [3.8, 4) is 0 Å². The summed E-state index contributed by atoms with van der Waals surface area (Å²) in [6.07, 6.45) is -4.61. The highest BCUT2D eigenvalue weighted by molar-refractivity contribution is 6.28. The Morgan fingerprint density at radius 1 is 1.47 bits per heavy atom. The van der Waals surface area contributed by atoms with Crippen LogP contribution < -0.4 is 11.1 Å². The minimum absolute atomic E-state index is 0.0753. The number of carbonyl (C=O) groups excluding carboxylic acids is 1. The molecule has 0 bridgehead atoms. The van der Waals surface area contributed by atoms with E-state index in [1.54, 1.807) is 0 Å². The van der Waals surface area contributed by atoms with Crippen LogP contribution in [0.1, 0.15) is 5.69 Å². The molecular weight excluding hydrogens is 289 g/mol. The molecule has 0 fully saturated rings. The Morgan fingerprint density at radius 3 is 2.74 bits per heavy atom. The van der Waals surface area contributed by atoms with Crippen LogP contribution in [0.3, 0.4) is 0 Å². The Labute approximate surface area is 111 Å². The predicted octanol–water partition coefficient (Wildman–Crippen LogP) is 1.06. The van der Waals surface area contributed by atoms with E-state index in [4.69, 9.17) is 22.1 Å². The van der Waals surface area contributed by atoms with Gasteiger partial charge >= 0.3 is 6.18 Å². The summed E-state index contributed by atoms with van der Waals surface area (Å²) in [5.74, 6) is -0.723. The molecule has 1 amide bonds. The Hall–Kier alpha value is -1.61. The van der Waals surface area contributed by atoms with Crippen molar-refractivity contribution in [1.29, 1.82) is 0 Å². The summed E-state index contributed by atoms with van der Waals surface area (Å²) >= 11 is 5.38. The fraction of sp³-hybridized carbons (Fsp3) is 0.444. The van der Waals surface area contributed by atoms with Gasteiger partial charge in [0.1, 0.15) is 12.4 Å². The number of nitrogens with zero attached hydrogens (tertiary/aromatic N) is 2. The molecule has 0 saturated carbocycles. The molecule has 1 heterocycles. The van der Waals surface area contributed by atoms with Crippen molar-refractivity contribution in [2.24, 2.45) is 5.73 Å². The maximum absolute atomic E-state index is 12.4. The van der Waals surface area contributed by atoms with Crippen LogP contribution in [0.4, 0.5) is 19.0 Å². The van der Waals surface area contributed by atoms with Gasteiger partial charge in [-0.15, -0.1) is 0 Å².